The maximum atomic E-state index is 5.47. The number of nitrogens with zero attached hydrogens (tertiary/aromatic N) is 2. The second-order valence-electron chi connectivity index (χ2n) is 3.51. The molecule has 2 rings (SSSR count). The van der Waals surface area contributed by atoms with Crippen molar-refractivity contribution in [1.82, 2.24) is 9.97 Å². The molecular formula is C12H13N3S. The first-order valence-electron chi connectivity index (χ1n) is 5.26. The van der Waals surface area contributed by atoms with E-state index in [1.807, 2.05) is 11.4 Å². The molecule has 1 unspecified atom stereocenters. The van der Waals surface area contributed by atoms with E-state index in [1.54, 1.807) is 17.7 Å². The van der Waals surface area contributed by atoms with Gasteiger partial charge in [0.25, 0.3) is 0 Å². The van der Waals surface area contributed by atoms with E-state index in [0.717, 1.165) is 28.9 Å². The van der Waals surface area contributed by atoms with E-state index >= 15 is 0 Å². The van der Waals surface area contributed by atoms with E-state index < -0.39 is 0 Å². The van der Waals surface area contributed by atoms with Crippen LogP contribution in [0.3, 0.4) is 0 Å². The number of fused-ring (bicyclic) bond motifs is 1. The monoisotopic (exact) mass is 231 g/mol. The number of hydrogen-bond acceptors (Lipinski definition) is 4. The Morgan fingerprint density at radius 3 is 3.19 bits per heavy atom. The van der Waals surface area contributed by atoms with Gasteiger partial charge in [-0.3, -0.25) is 0 Å². The molecule has 4 heteroatoms. The van der Waals surface area contributed by atoms with Crippen molar-refractivity contribution in [1.29, 1.82) is 0 Å². The zero-order chi connectivity index (χ0) is 11.4. The lowest BCUT2D eigenvalue weighted by Crippen LogP contribution is -2.17. The third-order valence-corrected chi connectivity index (χ3v) is 3.17. The molecule has 82 valence electrons. The van der Waals surface area contributed by atoms with Crippen LogP contribution in [0.1, 0.15) is 19.8 Å². The topological polar surface area (TPSA) is 37.8 Å². The average Bonchev–Trinajstić information content (AvgIpc) is 2.77. The normalized spacial score (nSPS) is 12.2. The smallest absolute Gasteiger partial charge is 0.139 e. The van der Waals surface area contributed by atoms with Gasteiger partial charge in [-0.1, -0.05) is 19.3 Å². The van der Waals surface area contributed by atoms with Crippen molar-refractivity contribution in [3.8, 4) is 12.3 Å². The molecule has 0 amide bonds. The Hall–Kier alpha value is -1.60. The Balaban J connectivity index is 2.26. The third kappa shape index (κ3) is 2.15. The predicted octanol–water partition coefficient (Wildman–Crippen LogP) is 2.91. The van der Waals surface area contributed by atoms with Gasteiger partial charge in [-0.05, 0) is 17.9 Å². The fraction of sp³-hybridized carbons (Fsp3) is 0.333. The van der Waals surface area contributed by atoms with E-state index in [-0.39, 0.29) is 6.04 Å². The summed E-state index contributed by atoms with van der Waals surface area (Å²) in [5.74, 6) is 3.58. The number of nitrogens with one attached hydrogen (secondary N) is 1. The number of hydrogen-bond donors (Lipinski definition) is 1. The van der Waals surface area contributed by atoms with Crippen LogP contribution >= 0.6 is 11.3 Å². The fourth-order valence-electron chi connectivity index (χ4n) is 1.56. The minimum Gasteiger partial charge on any atom is -0.356 e. The van der Waals surface area contributed by atoms with Gasteiger partial charge in [0.05, 0.1) is 11.4 Å². The molecule has 1 atom stereocenters. The fourth-order valence-corrected chi connectivity index (χ4v) is 2.29. The average molecular weight is 231 g/mol. The van der Waals surface area contributed by atoms with Crippen LogP contribution in [0, 0.1) is 12.3 Å². The summed E-state index contributed by atoms with van der Waals surface area (Å²) < 4.78 is 0. The second kappa shape index (κ2) is 4.95. The zero-order valence-electron chi connectivity index (χ0n) is 9.10. The molecule has 2 heterocycles. The molecule has 0 bridgehead atoms. The number of terminal acetylenes is 1. The van der Waals surface area contributed by atoms with Gasteiger partial charge in [0.2, 0.25) is 0 Å². The lowest BCUT2D eigenvalue weighted by molar-refractivity contribution is 0.753. The molecule has 16 heavy (non-hydrogen) atoms. The minimum absolute atomic E-state index is 0.0444. The van der Waals surface area contributed by atoms with Crippen molar-refractivity contribution in [2.75, 3.05) is 5.32 Å². The first kappa shape index (κ1) is 10.9. The molecule has 0 saturated heterocycles. The molecule has 0 fully saturated rings. The highest BCUT2D eigenvalue weighted by molar-refractivity contribution is 7.16. The molecule has 2 aromatic rings. The first-order valence-corrected chi connectivity index (χ1v) is 6.14. The summed E-state index contributed by atoms with van der Waals surface area (Å²) in [7, 11) is 0. The Labute approximate surface area is 98.9 Å². The Bertz CT molecular complexity index is 512. The maximum absolute atomic E-state index is 5.47. The first-order chi connectivity index (χ1) is 7.85. The van der Waals surface area contributed by atoms with Crippen molar-refractivity contribution < 1.29 is 0 Å². The quantitative estimate of drug-likeness (QED) is 0.822. The highest BCUT2D eigenvalue weighted by Crippen LogP contribution is 2.24. The second-order valence-corrected chi connectivity index (χ2v) is 4.41. The van der Waals surface area contributed by atoms with E-state index in [4.69, 9.17) is 6.42 Å². The molecule has 3 nitrogen and oxygen atoms in total. The zero-order valence-corrected chi connectivity index (χ0v) is 9.92. The van der Waals surface area contributed by atoms with Gasteiger partial charge < -0.3 is 5.32 Å². The molecular weight excluding hydrogens is 218 g/mol. The van der Waals surface area contributed by atoms with Gasteiger partial charge >= 0.3 is 0 Å². The third-order valence-electron chi connectivity index (χ3n) is 2.35. The van der Waals surface area contributed by atoms with Gasteiger partial charge in [-0.2, -0.15) is 0 Å². The van der Waals surface area contributed by atoms with Gasteiger partial charge in [0.1, 0.15) is 17.0 Å². The van der Waals surface area contributed by atoms with Crippen molar-refractivity contribution in [3.05, 3.63) is 17.8 Å². The highest BCUT2D eigenvalue weighted by atomic mass is 32.1. The minimum atomic E-state index is 0.0444. The van der Waals surface area contributed by atoms with Crippen molar-refractivity contribution >= 4 is 27.4 Å². The Morgan fingerprint density at radius 1 is 1.56 bits per heavy atom. The molecule has 0 aromatic carbocycles. The number of rotatable bonds is 4. The lowest BCUT2D eigenvalue weighted by atomic mass is 10.2. The van der Waals surface area contributed by atoms with Crippen molar-refractivity contribution in [2.24, 2.45) is 0 Å². The molecule has 0 aliphatic heterocycles. The van der Waals surface area contributed by atoms with Gasteiger partial charge in [-0.25, -0.2) is 9.97 Å². The van der Waals surface area contributed by atoms with E-state index in [2.05, 4.69) is 28.1 Å². The lowest BCUT2D eigenvalue weighted by Gasteiger charge is -2.12. The summed E-state index contributed by atoms with van der Waals surface area (Å²) in [6, 6.07) is 2.06. The summed E-state index contributed by atoms with van der Waals surface area (Å²) in [5.41, 5.74) is 0. The molecule has 0 spiro atoms. The van der Waals surface area contributed by atoms with Crippen LogP contribution in [-0.4, -0.2) is 16.0 Å². The van der Waals surface area contributed by atoms with E-state index in [0.29, 0.717) is 0 Å². The standard InChI is InChI=1S/C12H13N3S/c1-3-5-9(4-2)15-11-10-6-7-16-12(10)14-8-13-11/h2,6-9H,3,5H2,1H3,(H,13,14,15). The summed E-state index contributed by atoms with van der Waals surface area (Å²) >= 11 is 1.61. The van der Waals surface area contributed by atoms with Gasteiger partial charge in [0.15, 0.2) is 0 Å². The number of anilines is 1. The van der Waals surface area contributed by atoms with Crippen LogP contribution in [0.4, 0.5) is 5.82 Å². The van der Waals surface area contributed by atoms with E-state index in [9.17, 15) is 0 Å². The van der Waals surface area contributed by atoms with Crippen LogP contribution in [0.15, 0.2) is 17.8 Å². The molecule has 0 saturated carbocycles. The van der Waals surface area contributed by atoms with Gasteiger partial charge in [-0.15, -0.1) is 17.8 Å². The van der Waals surface area contributed by atoms with Gasteiger partial charge in [0, 0.05) is 0 Å². The summed E-state index contributed by atoms with van der Waals surface area (Å²) in [4.78, 5) is 9.43. The van der Waals surface area contributed by atoms with Crippen LogP contribution in [0.5, 0.6) is 0 Å². The van der Waals surface area contributed by atoms with E-state index in [1.165, 1.54) is 0 Å². The SMILES string of the molecule is C#CC(CCC)Nc1ncnc2sccc12. The molecule has 1 N–H and O–H groups in total. The summed E-state index contributed by atoms with van der Waals surface area (Å²) in [6.07, 6.45) is 9.05. The van der Waals surface area contributed by atoms with Crippen LogP contribution in [0.2, 0.25) is 0 Å². The van der Waals surface area contributed by atoms with Crippen LogP contribution in [0.25, 0.3) is 10.2 Å². The van der Waals surface area contributed by atoms with Crippen molar-refractivity contribution in [3.63, 3.8) is 0 Å². The summed E-state index contributed by atoms with van der Waals surface area (Å²) in [6.45, 7) is 2.12. The van der Waals surface area contributed by atoms with Crippen molar-refractivity contribution in [2.45, 2.75) is 25.8 Å². The largest absolute Gasteiger partial charge is 0.356 e. The van der Waals surface area contributed by atoms with Crippen LogP contribution < -0.4 is 5.32 Å². The highest BCUT2D eigenvalue weighted by Gasteiger charge is 2.08. The number of thiophene rings is 1. The molecule has 2 aromatic heterocycles. The Morgan fingerprint density at radius 2 is 2.44 bits per heavy atom. The Kier molecular flexibility index (Phi) is 3.37. The van der Waals surface area contributed by atoms with Crippen LogP contribution in [-0.2, 0) is 0 Å². The molecule has 0 radical (unpaired) electrons. The maximum Gasteiger partial charge on any atom is 0.139 e. The predicted molar refractivity (Wildman–Crippen MR) is 68.6 cm³/mol. The summed E-state index contributed by atoms with van der Waals surface area (Å²) in [5, 5.41) is 6.33. The molecule has 0 aliphatic rings. The molecule has 0 aliphatic carbocycles. The number of aromatic nitrogens is 2.